The minimum Gasteiger partial charge on any atom is -0.385 e. The Labute approximate surface area is 88.1 Å². The van der Waals surface area contributed by atoms with E-state index in [0.717, 1.165) is 12.8 Å². The van der Waals surface area contributed by atoms with Crippen molar-refractivity contribution in [1.29, 1.82) is 0 Å². The molecule has 0 aliphatic rings. The van der Waals surface area contributed by atoms with Crippen LogP contribution in [0.3, 0.4) is 0 Å². The van der Waals surface area contributed by atoms with Crippen molar-refractivity contribution in [2.75, 3.05) is 5.73 Å². The smallest absolute Gasteiger partial charge is 0.332 e. The number of aromatic nitrogens is 2. The van der Waals surface area contributed by atoms with Crippen molar-refractivity contribution in [3.05, 3.63) is 26.9 Å². The molecule has 1 aromatic rings. The lowest BCUT2D eigenvalue weighted by Crippen LogP contribution is -2.40. The molecular weight excluding hydrogens is 194 g/mol. The van der Waals surface area contributed by atoms with E-state index in [9.17, 15) is 9.59 Å². The third-order valence-electron chi connectivity index (χ3n) is 2.36. The van der Waals surface area contributed by atoms with Gasteiger partial charge in [0.1, 0.15) is 5.82 Å². The van der Waals surface area contributed by atoms with E-state index in [1.54, 1.807) is 6.92 Å². The molecule has 5 nitrogen and oxygen atoms in total. The van der Waals surface area contributed by atoms with Crippen LogP contribution in [0.5, 0.6) is 0 Å². The Morgan fingerprint density at radius 2 is 1.93 bits per heavy atom. The topological polar surface area (TPSA) is 70.0 Å². The predicted octanol–water partition coefficient (Wildman–Crippen LogP) is 0.412. The highest BCUT2D eigenvalue weighted by molar-refractivity contribution is 5.26. The number of anilines is 1. The maximum absolute atomic E-state index is 11.8. The lowest BCUT2D eigenvalue weighted by atomic mass is 10.3. The van der Waals surface area contributed by atoms with Crippen LogP contribution in [-0.4, -0.2) is 9.13 Å². The number of unbranched alkanes of at least 4 members (excludes halogenated alkanes) is 1. The Morgan fingerprint density at radius 1 is 1.27 bits per heavy atom. The molecule has 0 amide bonds. The van der Waals surface area contributed by atoms with Crippen molar-refractivity contribution < 1.29 is 0 Å². The van der Waals surface area contributed by atoms with E-state index in [4.69, 9.17) is 5.73 Å². The van der Waals surface area contributed by atoms with Crippen molar-refractivity contribution in [2.24, 2.45) is 0 Å². The van der Waals surface area contributed by atoms with Crippen LogP contribution in [-0.2, 0) is 13.1 Å². The van der Waals surface area contributed by atoms with Gasteiger partial charge in [0, 0.05) is 19.2 Å². The lowest BCUT2D eigenvalue weighted by molar-refractivity contribution is 0.552. The fourth-order valence-corrected chi connectivity index (χ4v) is 1.46. The number of hydrogen-bond donors (Lipinski definition) is 1. The number of nitrogen functional groups attached to an aromatic ring is 1. The molecule has 0 saturated heterocycles. The lowest BCUT2D eigenvalue weighted by Gasteiger charge is -2.10. The van der Waals surface area contributed by atoms with Gasteiger partial charge in [-0.05, 0) is 13.3 Å². The molecule has 0 radical (unpaired) electrons. The second-order valence-corrected chi connectivity index (χ2v) is 3.44. The van der Waals surface area contributed by atoms with Crippen molar-refractivity contribution >= 4 is 5.82 Å². The summed E-state index contributed by atoms with van der Waals surface area (Å²) in [6.07, 6.45) is 1.86. The largest absolute Gasteiger partial charge is 0.385 e. The van der Waals surface area contributed by atoms with Gasteiger partial charge in [0.15, 0.2) is 0 Å². The molecule has 0 unspecified atom stereocenters. The van der Waals surface area contributed by atoms with Crippen molar-refractivity contribution in [3.8, 4) is 0 Å². The zero-order valence-electron chi connectivity index (χ0n) is 9.19. The van der Waals surface area contributed by atoms with E-state index >= 15 is 0 Å². The summed E-state index contributed by atoms with van der Waals surface area (Å²) in [6.45, 7) is 4.76. The quantitative estimate of drug-likeness (QED) is 0.784. The van der Waals surface area contributed by atoms with Crippen LogP contribution in [0.25, 0.3) is 0 Å². The highest BCUT2D eigenvalue weighted by Gasteiger charge is 2.06. The molecule has 84 valence electrons. The third-order valence-corrected chi connectivity index (χ3v) is 2.36. The Balaban J connectivity index is 3.27. The van der Waals surface area contributed by atoms with Crippen molar-refractivity contribution in [2.45, 2.75) is 39.8 Å². The average Bonchev–Trinajstić information content (AvgIpc) is 2.17. The monoisotopic (exact) mass is 211 g/mol. The van der Waals surface area contributed by atoms with E-state index in [1.807, 2.05) is 6.92 Å². The van der Waals surface area contributed by atoms with Crippen LogP contribution < -0.4 is 17.0 Å². The van der Waals surface area contributed by atoms with Crippen molar-refractivity contribution in [3.63, 3.8) is 0 Å². The first-order valence-corrected chi connectivity index (χ1v) is 5.22. The van der Waals surface area contributed by atoms with Crippen LogP contribution in [0.15, 0.2) is 15.7 Å². The van der Waals surface area contributed by atoms with Gasteiger partial charge in [0.05, 0.1) is 0 Å². The van der Waals surface area contributed by atoms with Gasteiger partial charge in [-0.15, -0.1) is 0 Å². The number of nitrogens with zero attached hydrogens (tertiary/aromatic N) is 2. The molecule has 0 spiro atoms. The van der Waals surface area contributed by atoms with E-state index < -0.39 is 0 Å². The van der Waals surface area contributed by atoms with E-state index in [-0.39, 0.29) is 17.1 Å². The first-order valence-electron chi connectivity index (χ1n) is 5.22. The molecule has 0 saturated carbocycles. The fourth-order valence-electron chi connectivity index (χ4n) is 1.46. The van der Waals surface area contributed by atoms with Crippen molar-refractivity contribution in [1.82, 2.24) is 9.13 Å². The summed E-state index contributed by atoms with van der Waals surface area (Å²) in [5, 5.41) is 0. The molecule has 15 heavy (non-hydrogen) atoms. The van der Waals surface area contributed by atoms with Gasteiger partial charge >= 0.3 is 5.69 Å². The molecule has 1 aromatic heterocycles. The normalized spacial score (nSPS) is 10.5. The molecule has 2 N–H and O–H groups in total. The fraction of sp³-hybridized carbons (Fsp3) is 0.600. The summed E-state index contributed by atoms with van der Waals surface area (Å²) in [5.41, 5.74) is 5.00. The number of rotatable bonds is 4. The molecule has 1 heterocycles. The Hall–Kier alpha value is -1.52. The molecule has 0 aliphatic carbocycles. The minimum absolute atomic E-state index is 0.253. The summed E-state index contributed by atoms with van der Waals surface area (Å²) in [5.74, 6) is 0.253. The Bertz CT molecular complexity index is 445. The highest BCUT2D eigenvalue weighted by atomic mass is 16.2. The van der Waals surface area contributed by atoms with Crippen LogP contribution in [0.1, 0.15) is 26.7 Å². The van der Waals surface area contributed by atoms with Gasteiger partial charge in [-0.3, -0.25) is 13.9 Å². The molecule has 0 bridgehead atoms. The zero-order valence-corrected chi connectivity index (χ0v) is 9.19. The van der Waals surface area contributed by atoms with Gasteiger partial charge in [-0.1, -0.05) is 13.3 Å². The highest BCUT2D eigenvalue weighted by Crippen LogP contribution is 1.98. The van der Waals surface area contributed by atoms with E-state index in [0.29, 0.717) is 13.1 Å². The first-order chi connectivity index (χ1) is 7.11. The van der Waals surface area contributed by atoms with E-state index in [1.165, 1.54) is 15.2 Å². The van der Waals surface area contributed by atoms with Crippen LogP contribution in [0.4, 0.5) is 5.82 Å². The van der Waals surface area contributed by atoms with Gasteiger partial charge < -0.3 is 5.73 Å². The molecule has 0 atom stereocenters. The van der Waals surface area contributed by atoms with Crippen LogP contribution in [0.2, 0.25) is 0 Å². The maximum atomic E-state index is 11.8. The summed E-state index contributed by atoms with van der Waals surface area (Å²) >= 11 is 0. The zero-order chi connectivity index (χ0) is 11.4. The predicted molar refractivity (Wildman–Crippen MR) is 60.0 cm³/mol. The third kappa shape index (κ3) is 2.29. The molecule has 5 heteroatoms. The summed E-state index contributed by atoms with van der Waals surface area (Å²) in [4.78, 5) is 23.2. The van der Waals surface area contributed by atoms with Crippen LogP contribution in [0, 0.1) is 0 Å². The van der Waals surface area contributed by atoms with Gasteiger partial charge in [0.2, 0.25) is 0 Å². The van der Waals surface area contributed by atoms with Gasteiger partial charge in [-0.25, -0.2) is 4.79 Å². The number of hydrogen-bond acceptors (Lipinski definition) is 3. The summed E-state index contributed by atoms with van der Waals surface area (Å²) in [7, 11) is 0. The average molecular weight is 211 g/mol. The maximum Gasteiger partial charge on any atom is 0.332 e. The Morgan fingerprint density at radius 3 is 2.47 bits per heavy atom. The van der Waals surface area contributed by atoms with Gasteiger partial charge in [0.25, 0.3) is 5.56 Å². The molecule has 0 fully saturated rings. The summed E-state index contributed by atoms with van der Waals surface area (Å²) < 4.78 is 2.64. The molecule has 1 rings (SSSR count). The van der Waals surface area contributed by atoms with Crippen LogP contribution >= 0.6 is 0 Å². The Kier molecular flexibility index (Phi) is 3.71. The molecular formula is C10H17N3O2. The summed E-state index contributed by atoms with van der Waals surface area (Å²) in [6, 6.07) is 1.31. The standard InChI is InChI=1S/C10H17N3O2/c1-3-5-6-13-8(11)7-9(14)12(4-2)10(13)15/h7H,3-6,11H2,1-2H3. The molecule has 0 aromatic carbocycles. The van der Waals surface area contributed by atoms with Gasteiger partial charge in [-0.2, -0.15) is 0 Å². The second-order valence-electron chi connectivity index (χ2n) is 3.44. The number of nitrogens with two attached hydrogens (primary N) is 1. The second kappa shape index (κ2) is 4.82. The minimum atomic E-state index is -0.326. The first kappa shape index (κ1) is 11.6. The van der Waals surface area contributed by atoms with E-state index in [2.05, 4.69) is 0 Å². The molecule has 0 aliphatic heterocycles. The SMILES string of the molecule is CCCCn1c(N)cc(=O)n(CC)c1=O.